The van der Waals surface area contributed by atoms with Crippen LogP contribution in [0.2, 0.25) is 0 Å². The molecule has 2 aliphatic rings. The molecule has 0 aromatic heterocycles. The second-order valence-corrected chi connectivity index (χ2v) is 9.53. The summed E-state index contributed by atoms with van der Waals surface area (Å²) in [5.74, 6) is -0.481. The van der Waals surface area contributed by atoms with Crippen LogP contribution in [-0.4, -0.2) is 67.3 Å². The number of nitrogens with one attached hydrogen (secondary N) is 2. The molecule has 0 bridgehead atoms. The number of ether oxygens (including phenoxy) is 4. The fraction of sp³-hybridized carbons (Fsp3) is 0.667. The van der Waals surface area contributed by atoms with Crippen LogP contribution in [0.1, 0.15) is 58.1 Å². The molecule has 2 heterocycles. The van der Waals surface area contributed by atoms with Gasteiger partial charge in [-0.05, 0) is 59.1 Å². The van der Waals surface area contributed by atoms with Crippen molar-refractivity contribution in [2.24, 2.45) is 0 Å². The molecule has 0 saturated carbocycles. The summed E-state index contributed by atoms with van der Waals surface area (Å²) >= 11 is 0. The molecule has 33 heavy (non-hydrogen) atoms. The van der Waals surface area contributed by atoms with Crippen LogP contribution in [-0.2, 0) is 19.0 Å². The van der Waals surface area contributed by atoms with Gasteiger partial charge in [0.2, 0.25) is 0 Å². The molecular weight excluding hydrogens is 428 g/mol. The molecule has 9 heteroatoms. The van der Waals surface area contributed by atoms with Gasteiger partial charge in [-0.15, -0.1) is 0 Å². The van der Waals surface area contributed by atoms with Gasteiger partial charge in [0.1, 0.15) is 11.4 Å². The second-order valence-electron chi connectivity index (χ2n) is 9.53. The molecule has 9 nitrogen and oxygen atoms in total. The maximum absolute atomic E-state index is 12.2. The van der Waals surface area contributed by atoms with Crippen molar-refractivity contribution in [3.05, 3.63) is 29.8 Å². The molecule has 4 atom stereocenters. The highest BCUT2D eigenvalue weighted by molar-refractivity contribution is 5.68. The number of amides is 1. The van der Waals surface area contributed by atoms with E-state index in [9.17, 15) is 9.59 Å². The van der Waals surface area contributed by atoms with Crippen LogP contribution >= 0.6 is 0 Å². The minimum absolute atomic E-state index is 0.00846. The lowest BCUT2D eigenvalue weighted by molar-refractivity contribution is -0.139. The van der Waals surface area contributed by atoms with Gasteiger partial charge in [0, 0.05) is 11.6 Å². The predicted molar refractivity (Wildman–Crippen MR) is 121 cm³/mol. The molecule has 0 aliphatic carbocycles. The van der Waals surface area contributed by atoms with Crippen LogP contribution in [0.4, 0.5) is 4.79 Å². The number of carboxylic acids is 1. The first-order chi connectivity index (χ1) is 15.7. The third kappa shape index (κ3) is 8.17. The maximum Gasteiger partial charge on any atom is 0.407 e. The SMILES string of the molecule is CC(C)(C)OC(=O)NC1CCCNC1CO[C@@H]1CC[C@H](c2ccccc2OCC(=O)O)OC1. The molecule has 2 saturated heterocycles. The maximum atomic E-state index is 12.2. The second kappa shape index (κ2) is 11.7. The minimum atomic E-state index is -1.02. The monoisotopic (exact) mass is 464 g/mol. The van der Waals surface area contributed by atoms with Crippen molar-refractivity contribution in [1.29, 1.82) is 0 Å². The molecule has 3 rings (SSSR count). The lowest BCUT2D eigenvalue weighted by atomic mass is 9.98. The van der Waals surface area contributed by atoms with Crippen molar-refractivity contribution in [2.45, 2.75) is 76.3 Å². The standard InChI is InChI=1S/C24H36N2O7/c1-24(2,3)33-23(29)26-18-8-6-12-25-19(18)14-30-16-10-11-21(31-13-16)17-7-4-5-9-20(17)32-15-22(27)28/h4-5,7,9,16,18-19,21,25H,6,8,10-15H2,1-3H3,(H,26,29)(H,27,28)/t16-,18?,19?,21-/m1/s1. The zero-order valence-corrected chi connectivity index (χ0v) is 19.7. The molecule has 1 aromatic carbocycles. The van der Waals surface area contributed by atoms with E-state index < -0.39 is 17.7 Å². The zero-order chi connectivity index (χ0) is 23.8. The van der Waals surface area contributed by atoms with E-state index in [1.165, 1.54) is 0 Å². The fourth-order valence-corrected chi connectivity index (χ4v) is 4.12. The first-order valence-electron chi connectivity index (χ1n) is 11.6. The van der Waals surface area contributed by atoms with E-state index >= 15 is 0 Å². The number of alkyl carbamates (subject to hydrolysis) is 1. The van der Waals surface area contributed by atoms with Gasteiger partial charge in [0.05, 0.1) is 31.5 Å². The van der Waals surface area contributed by atoms with Crippen molar-refractivity contribution in [3.63, 3.8) is 0 Å². The van der Waals surface area contributed by atoms with Crippen molar-refractivity contribution < 1.29 is 33.6 Å². The molecule has 1 amide bonds. The summed E-state index contributed by atoms with van der Waals surface area (Å²) in [5, 5.41) is 15.3. The third-order valence-corrected chi connectivity index (χ3v) is 5.65. The highest BCUT2D eigenvalue weighted by atomic mass is 16.6. The number of para-hydroxylation sites is 1. The number of carbonyl (C=O) groups is 2. The van der Waals surface area contributed by atoms with Gasteiger partial charge in [-0.3, -0.25) is 0 Å². The van der Waals surface area contributed by atoms with Crippen LogP contribution in [0.25, 0.3) is 0 Å². The van der Waals surface area contributed by atoms with Crippen molar-refractivity contribution in [2.75, 3.05) is 26.4 Å². The number of hydrogen-bond donors (Lipinski definition) is 3. The largest absolute Gasteiger partial charge is 0.482 e. The average Bonchev–Trinajstić information content (AvgIpc) is 2.76. The van der Waals surface area contributed by atoms with Crippen molar-refractivity contribution >= 4 is 12.1 Å². The van der Waals surface area contributed by atoms with Crippen molar-refractivity contribution in [3.8, 4) is 5.75 Å². The molecule has 0 spiro atoms. The Balaban J connectivity index is 1.47. The van der Waals surface area contributed by atoms with Gasteiger partial charge in [-0.2, -0.15) is 0 Å². The Hall–Kier alpha value is -2.36. The predicted octanol–water partition coefficient (Wildman–Crippen LogP) is 3.03. The van der Waals surface area contributed by atoms with E-state index in [0.29, 0.717) is 19.0 Å². The topological polar surface area (TPSA) is 115 Å². The zero-order valence-electron chi connectivity index (χ0n) is 19.7. The Morgan fingerprint density at radius 2 is 2.00 bits per heavy atom. The first kappa shape index (κ1) is 25.3. The number of carbonyl (C=O) groups excluding carboxylic acids is 1. The Morgan fingerprint density at radius 1 is 1.21 bits per heavy atom. The number of benzene rings is 1. The van der Waals surface area contributed by atoms with Crippen LogP contribution < -0.4 is 15.4 Å². The highest BCUT2D eigenvalue weighted by Crippen LogP contribution is 2.34. The van der Waals surface area contributed by atoms with Gasteiger partial charge in [0.25, 0.3) is 0 Å². The lowest BCUT2D eigenvalue weighted by Crippen LogP contribution is -2.56. The molecule has 184 valence electrons. The van der Waals surface area contributed by atoms with Gasteiger partial charge in [-0.25, -0.2) is 9.59 Å². The molecule has 3 N–H and O–H groups in total. The van der Waals surface area contributed by atoms with E-state index in [1.54, 1.807) is 6.07 Å². The molecule has 2 fully saturated rings. The Morgan fingerprint density at radius 3 is 2.70 bits per heavy atom. The summed E-state index contributed by atoms with van der Waals surface area (Å²) in [7, 11) is 0. The smallest absolute Gasteiger partial charge is 0.407 e. The van der Waals surface area contributed by atoms with Gasteiger partial charge in [0.15, 0.2) is 6.61 Å². The number of hydrogen-bond acceptors (Lipinski definition) is 7. The van der Waals surface area contributed by atoms with E-state index in [-0.39, 0.29) is 30.9 Å². The molecule has 2 unspecified atom stereocenters. The van der Waals surface area contributed by atoms with Crippen LogP contribution in [0, 0.1) is 0 Å². The van der Waals surface area contributed by atoms with E-state index in [4.69, 9.17) is 24.1 Å². The lowest BCUT2D eigenvalue weighted by Gasteiger charge is -2.36. The van der Waals surface area contributed by atoms with Crippen LogP contribution in [0.15, 0.2) is 24.3 Å². The number of aliphatic carboxylic acids is 1. The van der Waals surface area contributed by atoms with Crippen LogP contribution in [0.5, 0.6) is 5.75 Å². The van der Waals surface area contributed by atoms with Gasteiger partial charge < -0.3 is 34.7 Å². The summed E-state index contributed by atoms with van der Waals surface area (Å²) in [6.07, 6.45) is 2.80. The Bertz CT molecular complexity index is 787. The van der Waals surface area contributed by atoms with E-state index in [2.05, 4.69) is 10.6 Å². The molecule has 1 aromatic rings. The molecular formula is C24H36N2O7. The molecule has 0 radical (unpaired) electrons. The van der Waals surface area contributed by atoms with Crippen LogP contribution in [0.3, 0.4) is 0 Å². The van der Waals surface area contributed by atoms with E-state index in [1.807, 2.05) is 39.0 Å². The highest BCUT2D eigenvalue weighted by Gasteiger charge is 2.31. The number of carboxylic acid groups (broad SMARTS) is 1. The normalized spacial score (nSPS) is 25.8. The number of rotatable bonds is 8. The van der Waals surface area contributed by atoms with Gasteiger partial charge >= 0.3 is 12.1 Å². The summed E-state index contributed by atoms with van der Waals surface area (Å²) < 4.78 is 23.0. The quantitative estimate of drug-likeness (QED) is 0.538. The Kier molecular flexibility index (Phi) is 8.94. The summed E-state index contributed by atoms with van der Waals surface area (Å²) in [6.45, 7) is 6.95. The minimum Gasteiger partial charge on any atom is -0.482 e. The first-order valence-corrected chi connectivity index (χ1v) is 11.6. The van der Waals surface area contributed by atoms with Gasteiger partial charge in [-0.1, -0.05) is 18.2 Å². The summed E-state index contributed by atoms with van der Waals surface area (Å²) in [4.78, 5) is 23.0. The van der Waals surface area contributed by atoms with E-state index in [0.717, 1.165) is 37.8 Å². The fourth-order valence-electron chi connectivity index (χ4n) is 4.12. The summed E-state index contributed by atoms with van der Waals surface area (Å²) in [5.41, 5.74) is 0.318. The molecule has 2 aliphatic heterocycles. The third-order valence-electron chi connectivity index (χ3n) is 5.65. The Labute approximate surface area is 195 Å². The summed E-state index contributed by atoms with van der Waals surface area (Å²) in [6, 6.07) is 7.33. The number of piperidine rings is 1. The average molecular weight is 465 g/mol. The van der Waals surface area contributed by atoms with Crippen molar-refractivity contribution in [1.82, 2.24) is 10.6 Å².